The van der Waals surface area contributed by atoms with E-state index in [2.05, 4.69) is 0 Å². The highest BCUT2D eigenvalue weighted by Crippen LogP contribution is 2.33. The zero-order chi connectivity index (χ0) is 14.2. The summed E-state index contributed by atoms with van der Waals surface area (Å²) in [5.41, 5.74) is 0. The predicted octanol–water partition coefficient (Wildman–Crippen LogP) is 1.73. The SMILES string of the molecule is CC(C(=O)O)N(C(=O)c1ccc([N+](=O)[O-])s1)C1CC1. The van der Waals surface area contributed by atoms with Crippen LogP contribution in [0.15, 0.2) is 12.1 Å². The van der Waals surface area contributed by atoms with Crippen molar-refractivity contribution in [2.75, 3.05) is 0 Å². The van der Waals surface area contributed by atoms with Gasteiger partial charge in [0.2, 0.25) is 0 Å². The van der Waals surface area contributed by atoms with E-state index in [0.717, 1.165) is 24.2 Å². The second-order valence-corrected chi connectivity index (χ2v) is 5.42. The molecular formula is C11H12N2O5S. The van der Waals surface area contributed by atoms with Crippen LogP contribution in [0.3, 0.4) is 0 Å². The monoisotopic (exact) mass is 284 g/mol. The summed E-state index contributed by atoms with van der Waals surface area (Å²) in [5, 5.41) is 19.5. The lowest BCUT2D eigenvalue weighted by atomic mass is 10.2. The summed E-state index contributed by atoms with van der Waals surface area (Å²) >= 11 is 0.769. The lowest BCUT2D eigenvalue weighted by Gasteiger charge is -2.25. The molecule has 1 N–H and O–H groups in total. The fourth-order valence-corrected chi connectivity index (χ4v) is 2.56. The van der Waals surface area contributed by atoms with Crippen LogP contribution in [0.25, 0.3) is 0 Å². The second kappa shape index (κ2) is 4.96. The summed E-state index contributed by atoms with van der Waals surface area (Å²) in [6.45, 7) is 1.45. The zero-order valence-electron chi connectivity index (χ0n) is 10.1. The van der Waals surface area contributed by atoms with Crippen molar-refractivity contribution in [2.24, 2.45) is 0 Å². The Morgan fingerprint density at radius 2 is 2.16 bits per heavy atom. The highest BCUT2D eigenvalue weighted by molar-refractivity contribution is 7.17. The van der Waals surface area contributed by atoms with Gasteiger partial charge >= 0.3 is 11.0 Å². The van der Waals surface area contributed by atoms with Gasteiger partial charge in [0.05, 0.1) is 9.80 Å². The number of hydrogen-bond donors (Lipinski definition) is 1. The van der Waals surface area contributed by atoms with Crippen molar-refractivity contribution in [3.63, 3.8) is 0 Å². The summed E-state index contributed by atoms with van der Waals surface area (Å²) in [4.78, 5) is 34.8. The highest BCUT2D eigenvalue weighted by Gasteiger charge is 2.39. The third-order valence-corrected chi connectivity index (χ3v) is 3.96. The first-order valence-corrected chi connectivity index (χ1v) is 6.53. The number of thiophene rings is 1. The average Bonchev–Trinajstić information content (AvgIpc) is 3.04. The topological polar surface area (TPSA) is 101 Å². The Balaban J connectivity index is 2.23. The Bertz CT molecular complexity index is 537. The van der Waals surface area contributed by atoms with Gasteiger partial charge in [-0.15, -0.1) is 0 Å². The van der Waals surface area contributed by atoms with Crippen molar-refractivity contribution in [3.8, 4) is 0 Å². The van der Waals surface area contributed by atoms with Gasteiger partial charge in [-0.1, -0.05) is 11.3 Å². The summed E-state index contributed by atoms with van der Waals surface area (Å²) < 4.78 is 0. The van der Waals surface area contributed by atoms with Gasteiger partial charge in [-0.2, -0.15) is 0 Å². The van der Waals surface area contributed by atoms with Crippen LogP contribution in [0.5, 0.6) is 0 Å². The van der Waals surface area contributed by atoms with Crippen molar-refractivity contribution in [1.82, 2.24) is 4.90 Å². The van der Waals surface area contributed by atoms with Crippen molar-refractivity contribution in [2.45, 2.75) is 31.8 Å². The molecule has 8 heteroatoms. The molecule has 0 radical (unpaired) electrons. The molecule has 1 amide bonds. The standard InChI is InChI=1S/C11H12N2O5S/c1-6(11(15)16)12(7-2-3-7)10(14)8-4-5-9(19-8)13(17)18/h4-7H,2-3H2,1H3,(H,15,16). The van der Waals surface area contributed by atoms with Crippen molar-refractivity contribution in [1.29, 1.82) is 0 Å². The maximum atomic E-state index is 12.3. The van der Waals surface area contributed by atoms with Crippen LogP contribution < -0.4 is 0 Å². The molecule has 0 saturated heterocycles. The first-order valence-electron chi connectivity index (χ1n) is 5.71. The molecule has 1 aromatic heterocycles. The first-order chi connectivity index (χ1) is 8.91. The Labute approximate surface area is 112 Å². The van der Waals surface area contributed by atoms with E-state index in [1.165, 1.54) is 24.0 Å². The molecule has 1 aromatic rings. The molecule has 1 aliphatic rings. The molecule has 1 atom stereocenters. The molecule has 1 unspecified atom stereocenters. The average molecular weight is 284 g/mol. The number of nitrogens with zero attached hydrogens (tertiary/aromatic N) is 2. The number of nitro groups is 1. The number of carboxylic acid groups (broad SMARTS) is 1. The smallest absolute Gasteiger partial charge is 0.326 e. The van der Waals surface area contributed by atoms with Gasteiger partial charge in [0.15, 0.2) is 0 Å². The van der Waals surface area contributed by atoms with Crippen LogP contribution in [0.1, 0.15) is 29.4 Å². The van der Waals surface area contributed by atoms with Crippen LogP contribution in [-0.4, -0.2) is 38.9 Å². The number of amides is 1. The first kappa shape index (κ1) is 13.5. The van der Waals surface area contributed by atoms with Crippen LogP contribution in [-0.2, 0) is 4.79 Å². The number of rotatable bonds is 5. The highest BCUT2D eigenvalue weighted by atomic mass is 32.1. The number of aliphatic carboxylic acids is 1. The maximum Gasteiger partial charge on any atom is 0.326 e. The normalized spacial score (nSPS) is 15.8. The summed E-state index contributed by atoms with van der Waals surface area (Å²) in [6.07, 6.45) is 1.55. The maximum absolute atomic E-state index is 12.3. The minimum absolute atomic E-state index is 0.0697. The van der Waals surface area contributed by atoms with E-state index >= 15 is 0 Å². The molecule has 0 aliphatic heterocycles. The molecule has 102 valence electrons. The molecule has 1 aliphatic carbocycles. The van der Waals surface area contributed by atoms with Crippen LogP contribution in [0, 0.1) is 10.1 Å². The van der Waals surface area contributed by atoms with Crippen LogP contribution >= 0.6 is 11.3 Å². The van der Waals surface area contributed by atoms with Gasteiger partial charge in [-0.3, -0.25) is 14.9 Å². The van der Waals surface area contributed by atoms with Crippen molar-refractivity contribution < 1.29 is 19.6 Å². The van der Waals surface area contributed by atoms with Crippen molar-refractivity contribution in [3.05, 3.63) is 27.1 Å². The fourth-order valence-electron chi connectivity index (χ4n) is 1.80. The molecule has 1 saturated carbocycles. The number of carbonyl (C=O) groups excluding carboxylic acids is 1. The van der Waals surface area contributed by atoms with E-state index in [4.69, 9.17) is 5.11 Å². The minimum Gasteiger partial charge on any atom is -0.480 e. The zero-order valence-corrected chi connectivity index (χ0v) is 10.9. The molecule has 1 heterocycles. The molecule has 0 bridgehead atoms. The van der Waals surface area contributed by atoms with Crippen LogP contribution in [0.2, 0.25) is 0 Å². The third-order valence-electron chi connectivity index (χ3n) is 2.93. The number of hydrogen-bond acceptors (Lipinski definition) is 5. The molecule has 2 rings (SSSR count). The Morgan fingerprint density at radius 1 is 1.53 bits per heavy atom. The van der Waals surface area contributed by atoms with Crippen LogP contribution in [0.4, 0.5) is 5.00 Å². The summed E-state index contributed by atoms with van der Waals surface area (Å²) in [6, 6.07) is 1.63. The van der Waals surface area contributed by atoms with Gasteiger partial charge in [-0.25, -0.2) is 4.79 Å². The van der Waals surface area contributed by atoms with Gasteiger partial charge in [0.1, 0.15) is 6.04 Å². The Morgan fingerprint density at radius 3 is 2.58 bits per heavy atom. The largest absolute Gasteiger partial charge is 0.480 e. The van der Waals surface area contributed by atoms with Gasteiger partial charge < -0.3 is 10.0 Å². The minimum atomic E-state index is -1.08. The number of carboxylic acids is 1. The van der Waals surface area contributed by atoms with E-state index < -0.39 is 22.8 Å². The summed E-state index contributed by atoms with van der Waals surface area (Å²) in [7, 11) is 0. The predicted molar refractivity (Wildman–Crippen MR) is 67.3 cm³/mol. The molecule has 1 fully saturated rings. The number of carbonyl (C=O) groups is 2. The quantitative estimate of drug-likeness (QED) is 0.655. The Hall–Kier alpha value is -1.96. The van der Waals surface area contributed by atoms with E-state index in [-0.39, 0.29) is 15.9 Å². The molecule has 7 nitrogen and oxygen atoms in total. The van der Waals surface area contributed by atoms with E-state index in [9.17, 15) is 19.7 Å². The van der Waals surface area contributed by atoms with Gasteiger partial charge in [0.25, 0.3) is 5.91 Å². The van der Waals surface area contributed by atoms with Gasteiger partial charge in [-0.05, 0) is 25.8 Å². The van der Waals surface area contributed by atoms with Gasteiger partial charge in [0, 0.05) is 12.1 Å². The molecule has 0 spiro atoms. The third kappa shape index (κ3) is 2.73. The lowest BCUT2D eigenvalue weighted by molar-refractivity contribution is -0.380. The second-order valence-electron chi connectivity index (χ2n) is 4.35. The lowest BCUT2D eigenvalue weighted by Crippen LogP contribution is -2.44. The fraction of sp³-hybridized carbons (Fsp3) is 0.455. The Kier molecular flexibility index (Phi) is 3.52. The van der Waals surface area contributed by atoms with E-state index in [1.807, 2.05) is 0 Å². The molecule has 0 aromatic carbocycles. The van der Waals surface area contributed by atoms with E-state index in [0.29, 0.717) is 0 Å². The summed E-state index contributed by atoms with van der Waals surface area (Å²) in [5.74, 6) is -1.53. The molecule has 19 heavy (non-hydrogen) atoms. The van der Waals surface area contributed by atoms with E-state index in [1.54, 1.807) is 0 Å². The van der Waals surface area contributed by atoms with Crippen molar-refractivity contribution >= 4 is 28.2 Å². The molecular weight excluding hydrogens is 272 g/mol.